The van der Waals surface area contributed by atoms with E-state index in [1.165, 1.54) is 6.92 Å². The minimum Gasteiger partial charge on any atom is -0.872 e. The van der Waals surface area contributed by atoms with Gasteiger partial charge in [-0.1, -0.05) is 11.8 Å². The smallest absolute Gasteiger partial charge is 0.272 e. The van der Waals surface area contributed by atoms with Gasteiger partial charge in [0.05, 0.1) is 4.92 Å². The van der Waals surface area contributed by atoms with Crippen LogP contribution in [0.2, 0.25) is 0 Å². The Morgan fingerprint density at radius 1 is 1.46 bits per heavy atom. The van der Waals surface area contributed by atoms with E-state index >= 15 is 0 Å². The zero-order valence-electron chi connectivity index (χ0n) is 6.81. The average molecular weight is 180 g/mol. The van der Waals surface area contributed by atoms with Gasteiger partial charge in [-0.15, -0.1) is 0 Å². The van der Waals surface area contributed by atoms with E-state index in [2.05, 4.69) is 0 Å². The van der Waals surface area contributed by atoms with Crippen LogP contribution in [0.25, 0.3) is 0 Å². The van der Waals surface area contributed by atoms with Crippen molar-refractivity contribution in [3.63, 3.8) is 0 Å². The molecule has 0 aromatic heterocycles. The van der Waals surface area contributed by atoms with Crippen molar-refractivity contribution in [1.29, 1.82) is 0 Å². The maximum Gasteiger partial charge on any atom is 0.272 e. The van der Waals surface area contributed by atoms with Crippen molar-refractivity contribution >= 4 is 12.0 Å². The second kappa shape index (κ2) is 3.22. The van der Waals surface area contributed by atoms with Gasteiger partial charge >= 0.3 is 0 Å². The number of benzene rings is 1. The van der Waals surface area contributed by atoms with Crippen LogP contribution in [0.4, 0.5) is 5.69 Å². The van der Waals surface area contributed by atoms with Crippen molar-refractivity contribution in [2.45, 2.75) is 6.92 Å². The van der Waals surface area contributed by atoms with E-state index in [1.54, 1.807) is 0 Å². The van der Waals surface area contributed by atoms with Crippen LogP contribution < -0.4 is 5.11 Å². The van der Waals surface area contributed by atoms with Crippen LogP contribution in [0.1, 0.15) is 15.9 Å². The molecule has 0 spiro atoms. The van der Waals surface area contributed by atoms with E-state index in [1.807, 2.05) is 0 Å². The van der Waals surface area contributed by atoms with Crippen molar-refractivity contribution in [3.05, 3.63) is 33.4 Å². The normalized spacial score (nSPS) is 9.62. The van der Waals surface area contributed by atoms with Crippen LogP contribution in [0.15, 0.2) is 12.1 Å². The van der Waals surface area contributed by atoms with Crippen molar-refractivity contribution < 1.29 is 14.8 Å². The van der Waals surface area contributed by atoms with Gasteiger partial charge in [0.1, 0.15) is 6.29 Å². The predicted molar refractivity (Wildman–Crippen MR) is 42.7 cm³/mol. The van der Waals surface area contributed by atoms with Crippen LogP contribution in [0, 0.1) is 17.0 Å². The Kier molecular flexibility index (Phi) is 2.27. The number of nitro benzene ring substituents is 1. The first-order chi connectivity index (χ1) is 6.06. The number of carbonyl (C=O) groups excluding carboxylic acids is 1. The summed E-state index contributed by atoms with van der Waals surface area (Å²) in [6.07, 6.45) is 0.314. The van der Waals surface area contributed by atoms with Crippen LogP contribution in [-0.2, 0) is 0 Å². The number of nitro groups is 1. The maximum absolute atomic E-state index is 11.0. The molecule has 1 aromatic rings. The van der Waals surface area contributed by atoms with E-state index in [-0.39, 0.29) is 16.8 Å². The standard InChI is InChI=1S/C8H7NO4/c1-5-2-8(11)6(4-10)3-7(5)9(12)13/h2-4,11H,1H3/p-1. The van der Waals surface area contributed by atoms with Crippen LogP contribution in [0.5, 0.6) is 5.75 Å². The topological polar surface area (TPSA) is 83.3 Å². The zero-order valence-corrected chi connectivity index (χ0v) is 6.81. The first kappa shape index (κ1) is 9.18. The van der Waals surface area contributed by atoms with Gasteiger partial charge in [-0.2, -0.15) is 0 Å². The summed E-state index contributed by atoms with van der Waals surface area (Å²) < 4.78 is 0. The summed E-state index contributed by atoms with van der Waals surface area (Å²) in [4.78, 5) is 20.1. The number of aldehydes is 1. The van der Waals surface area contributed by atoms with Gasteiger partial charge < -0.3 is 5.11 Å². The van der Waals surface area contributed by atoms with Crippen LogP contribution in [-0.4, -0.2) is 11.2 Å². The molecule has 0 aliphatic rings. The third-order valence-corrected chi connectivity index (χ3v) is 1.65. The summed E-state index contributed by atoms with van der Waals surface area (Å²) in [5, 5.41) is 21.4. The molecule has 0 aliphatic carbocycles. The highest BCUT2D eigenvalue weighted by Gasteiger charge is 2.11. The molecule has 0 saturated heterocycles. The van der Waals surface area contributed by atoms with Gasteiger partial charge in [-0.25, -0.2) is 0 Å². The SMILES string of the molecule is Cc1cc([O-])c(C=O)cc1[N+](=O)[O-]. The summed E-state index contributed by atoms with van der Waals surface area (Å²) >= 11 is 0. The summed E-state index contributed by atoms with van der Waals surface area (Å²) in [5.41, 5.74) is -0.125. The Hall–Kier alpha value is -1.91. The Bertz CT molecular complexity index is 373. The summed E-state index contributed by atoms with van der Waals surface area (Å²) in [7, 11) is 0. The van der Waals surface area contributed by atoms with Crippen LogP contribution >= 0.6 is 0 Å². The van der Waals surface area contributed by atoms with E-state index in [0.717, 1.165) is 12.1 Å². The molecule has 0 aliphatic heterocycles. The Balaban J connectivity index is 3.38. The van der Waals surface area contributed by atoms with Crippen molar-refractivity contribution in [2.24, 2.45) is 0 Å². The number of rotatable bonds is 2. The second-order valence-electron chi connectivity index (χ2n) is 2.55. The molecule has 0 bridgehead atoms. The first-order valence-corrected chi connectivity index (χ1v) is 3.47. The number of hydrogen-bond donors (Lipinski definition) is 0. The molecule has 0 N–H and O–H groups in total. The Morgan fingerprint density at radius 2 is 2.08 bits per heavy atom. The Morgan fingerprint density at radius 3 is 2.54 bits per heavy atom. The van der Waals surface area contributed by atoms with Gasteiger partial charge in [0.15, 0.2) is 0 Å². The van der Waals surface area contributed by atoms with Crippen LogP contribution in [0.3, 0.4) is 0 Å². The molecule has 68 valence electrons. The minimum absolute atomic E-state index is 0.183. The Labute approximate surface area is 73.8 Å². The molecule has 0 amide bonds. The largest absolute Gasteiger partial charge is 0.872 e. The molecule has 5 heteroatoms. The molecule has 1 aromatic carbocycles. The maximum atomic E-state index is 11.0. The number of nitrogens with zero attached hydrogens (tertiary/aromatic N) is 1. The molecular weight excluding hydrogens is 174 g/mol. The zero-order chi connectivity index (χ0) is 10.0. The van der Waals surface area contributed by atoms with Crippen molar-refractivity contribution in [1.82, 2.24) is 0 Å². The van der Waals surface area contributed by atoms with Gasteiger partial charge in [0.25, 0.3) is 5.69 Å². The number of carbonyl (C=O) groups is 1. The highest BCUT2D eigenvalue weighted by molar-refractivity contribution is 5.80. The van der Waals surface area contributed by atoms with E-state index in [0.29, 0.717) is 6.29 Å². The molecule has 0 saturated carbocycles. The number of aryl methyl sites for hydroxylation is 1. The van der Waals surface area contributed by atoms with Gasteiger partial charge in [0, 0.05) is 17.2 Å². The molecule has 5 nitrogen and oxygen atoms in total. The monoisotopic (exact) mass is 180 g/mol. The lowest BCUT2D eigenvalue weighted by Gasteiger charge is -2.09. The van der Waals surface area contributed by atoms with Gasteiger partial charge in [-0.05, 0) is 6.92 Å². The molecule has 0 unspecified atom stereocenters. The summed E-state index contributed by atoms with van der Waals surface area (Å²) in [6.45, 7) is 1.45. The van der Waals surface area contributed by atoms with Crippen molar-refractivity contribution in [3.8, 4) is 5.75 Å². The minimum atomic E-state index is -0.623. The first-order valence-electron chi connectivity index (χ1n) is 3.47. The quantitative estimate of drug-likeness (QED) is 0.382. The molecule has 0 radical (unpaired) electrons. The molecule has 1 rings (SSSR count). The van der Waals surface area contributed by atoms with Crippen molar-refractivity contribution in [2.75, 3.05) is 0 Å². The molecule has 0 fully saturated rings. The lowest BCUT2D eigenvalue weighted by molar-refractivity contribution is -0.385. The molecule has 0 heterocycles. The predicted octanol–water partition coefficient (Wildman–Crippen LogP) is 0.789. The average Bonchev–Trinajstić information content (AvgIpc) is 2.03. The fourth-order valence-corrected chi connectivity index (χ4v) is 0.975. The third kappa shape index (κ3) is 1.64. The summed E-state index contributed by atoms with van der Waals surface area (Å²) in [5.74, 6) is -0.488. The van der Waals surface area contributed by atoms with Gasteiger partial charge in [0.2, 0.25) is 0 Å². The van der Waals surface area contributed by atoms with E-state index < -0.39 is 10.7 Å². The molecule has 13 heavy (non-hydrogen) atoms. The lowest BCUT2D eigenvalue weighted by atomic mass is 10.1. The highest BCUT2D eigenvalue weighted by Crippen LogP contribution is 2.24. The van der Waals surface area contributed by atoms with E-state index in [9.17, 15) is 20.0 Å². The van der Waals surface area contributed by atoms with E-state index in [4.69, 9.17) is 0 Å². The fourth-order valence-electron chi connectivity index (χ4n) is 0.975. The molecular formula is C8H6NO4-. The molecule has 0 atom stereocenters. The van der Waals surface area contributed by atoms with Gasteiger partial charge in [-0.3, -0.25) is 14.9 Å². The summed E-state index contributed by atoms with van der Waals surface area (Å²) in [6, 6.07) is 2.08. The lowest BCUT2D eigenvalue weighted by Crippen LogP contribution is -2.00. The fraction of sp³-hybridized carbons (Fsp3) is 0.125. The highest BCUT2D eigenvalue weighted by atomic mass is 16.6. The third-order valence-electron chi connectivity index (χ3n) is 1.65. The number of hydrogen-bond acceptors (Lipinski definition) is 4. The second-order valence-corrected chi connectivity index (χ2v) is 2.55.